The molecule has 0 unspecified atom stereocenters. The van der Waals surface area contributed by atoms with E-state index in [1.165, 1.54) is 0 Å². The lowest BCUT2D eigenvalue weighted by Crippen LogP contribution is -2.08. The van der Waals surface area contributed by atoms with E-state index in [0.29, 0.717) is 29.0 Å². The smallest absolute Gasteiger partial charge is 0.228 e. The topological polar surface area (TPSA) is 55.4 Å². The third-order valence-corrected chi connectivity index (χ3v) is 3.36. The summed E-state index contributed by atoms with van der Waals surface area (Å²) < 4.78 is 5.07. The molecule has 1 aliphatic heterocycles. The Balaban J connectivity index is 1.99. The van der Waals surface area contributed by atoms with Crippen molar-refractivity contribution in [2.45, 2.75) is 6.42 Å². The summed E-state index contributed by atoms with van der Waals surface area (Å²) in [6.45, 7) is 0. The zero-order valence-electron chi connectivity index (χ0n) is 11.0. The molecule has 0 saturated heterocycles. The van der Waals surface area contributed by atoms with Crippen molar-refractivity contribution in [1.82, 2.24) is 0 Å². The maximum Gasteiger partial charge on any atom is 0.228 e. The van der Waals surface area contributed by atoms with Crippen molar-refractivity contribution >= 4 is 17.4 Å². The second kappa shape index (κ2) is 4.81. The monoisotopic (exact) mass is 267 g/mol. The average molecular weight is 267 g/mol. The van der Waals surface area contributed by atoms with Crippen molar-refractivity contribution in [2.24, 2.45) is 0 Å². The van der Waals surface area contributed by atoms with E-state index in [4.69, 9.17) is 4.74 Å². The van der Waals surface area contributed by atoms with E-state index in [1.54, 1.807) is 43.5 Å². The summed E-state index contributed by atoms with van der Waals surface area (Å²) in [5.41, 5.74) is 2.60. The molecule has 0 aliphatic carbocycles. The van der Waals surface area contributed by atoms with Crippen LogP contribution in [-0.2, 0) is 11.2 Å². The van der Waals surface area contributed by atoms with Gasteiger partial charge in [0.2, 0.25) is 5.91 Å². The number of ether oxygens (including phenoxy) is 1. The molecule has 0 bridgehead atoms. The first-order chi connectivity index (χ1) is 9.69. The van der Waals surface area contributed by atoms with Crippen LogP contribution in [0.25, 0.3) is 0 Å². The Morgan fingerprint density at radius 2 is 1.90 bits per heavy atom. The number of amides is 1. The molecule has 4 heteroatoms. The second-order valence-electron chi connectivity index (χ2n) is 4.62. The zero-order valence-corrected chi connectivity index (χ0v) is 11.0. The number of para-hydroxylation sites is 1. The van der Waals surface area contributed by atoms with Gasteiger partial charge in [-0.2, -0.15) is 0 Å². The predicted molar refractivity (Wildman–Crippen MR) is 75.2 cm³/mol. The van der Waals surface area contributed by atoms with Crippen LogP contribution >= 0.6 is 0 Å². The van der Waals surface area contributed by atoms with Gasteiger partial charge in [-0.1, -0.05) is 12.1 Å². The predicted octanol–water partition coefficient (Wildman–Crippen LogP) is 2.42. The van der Waals surface area contributed by atoms with Gasteiger partial charge < -0.3 is 10.1 Å². The average Bonchev–Trinajstić information content (AvgIpc) is 2.86. The van der Waals surface area contributed by atoms with E-state index in [-0.39, 0.29) is 11.7 Å². The Morgan fingerprint density at radius 3 is 2.60 bits per heavy atom. The van der Waals surface area contributed by atoms with E-state index >= 15 is 0 Å². The molecule has 0 saturated carbocycles. The molecule has 100 valence electrons. The van der Waals surface area contributed by atoms with Gasteiger partial charge in [0.1, 0.15) is 5.75 Å². The van der Waals surface area contributed by atoms with Crippen LogP contribution in [0.4, 0.5) is 5.69 Å². The fourth-order valence-electron chi connectivity index (χ4n) is 2.34. The number of methoxy groups -OCH3 is 1. The zero-order chi connectivity index (χ0) is 14.1. The first-order valence-corrected chi connectivity index (χ1v) is 6.29. The van der Waals surface area contributed by atoms with Crippen molar-refractivity contribution in [3.63, 3.8) is 0 Å². The van der Waals surface area contributed by atoms with E-state index in [9.17, 15) is 9.59 Å². The highest BCUT2D eigenvalue weighted by atomic mass is 16.5. The number of nitrogens with one attached hydrogen (secondary N) is 1. The quantitative estimate of drug-likeness (QED) is 0.869. The Bertz CT molecular complexity index is 689. The van der Waals surface area contributed by atoms with Crippen molar-refractivity contribution in [2.75, 3.05) is 12.4 Å². The summed E-state index contributed by atoms with van der Waals surface area (Å²) in [7, 11) is 1.58. The van der Waals surface area contributed by atoms with Crippen LogP contribution in [-0.4, -0.2) is 18.8 Å². The fourth-order valence-corrected chi connectivity index (χ4v) is 2.34. The number of hydrogen-bond donors (Lipinski definition) is 1. The minimum absolute atomic E-state index is 0.0741. The largest absolute Gasteiger partial charge is 0.497 e. The van der Waals surface area contributed by atoms with Crippen LogP contribution in [0.3, 0.4) is 0 Å². The van der Waals surface area contributed by atoms with Gasteiger partial charge in [-0.05, 0) is 35.9 Å². The highest BCUT2D eigenvalue weighted by Gasteiger charge is 2.23. The summed E-state index contributed by atoms with van der Waals surface area (Å²) in [5.74, 6) is 0.523. The molecule has 0 fully saturated rings. The van der Waals surface area contributed by atoms with Gasteiger partial charge in [0.25, 0.3) is 0 Å². The molecule has 2 aromatic carbocycles. The number of hydrogen-bond acceptors (Lipinski definition) is 3. The number of fused-ring (bicyclic) bond motifs is 1. The molecule has 3 rings (SSSR count). The number of benzene rings is 2. The maximum atomic E-state index is 12.5. The lowest BCUT2D eigenvalue weighted by Gasteiger charge is -2.08. The van der Waals surface area contributed by atoms with Gasteiger partial charge in [0, 0.05) is 11.1 Å². The molecule has 20 heavy (non-hydrogen) atoms. The Morgan fingerprint density at radius 1 is 1.15 bits per heavy atom. The van der Waals surface area contributed by atoms with Gasteiger partial charge in [-0.15, -0.1) is 0 Å². The molecule has 1 amide bonds. The number of ketones is 1. The highest BCUT2D eigenvalue weighted by molar-refractivity contribution is 6.16. The molecule has 2 aromatic rings. The van der Waals surface area contributed by atoms with E-state index in [2.05, 4.69) is 5.32 Å². The minimum Gasteiger partial charge on any atom is -0.497 e. The Kier molecular flexibility index (Phi) is 2.99. The molecule has 0 spiro atoms. The summed E-state index contributed by atoms with van der Waals surface area (Å²) >= 11 is 0. The SMILES string of the molecule is COc1ccc(C(=O)c2cccc3c2NC(=O)C3)cc1. The van der Waals surface area contributed by atoms with Crippen LogP contribution in [0.2, 0.25) is 0 Å². The molecule has 0 atom stereocenters. The standard InChI is InChI=1S/C16H13NO3/c1-20-12-7-5-10(6-8-12)16(19)13-4-2-3-11-9-14(18)17-15(11)13/h2-8H,9H2,1H3,(H,17,18). The third-order valence-electron chi connectivity index (χ3n) is 3.36. The van der Waals surface area contributed by atoms with Gasteiger partial charge in [0.15, 0.2) is 5.78 Å². The lowest BCUT2D eigenvalue weighted by molar-refractivity contribution is -0.115. The van der Waals surface area contributed by atoms with Crippen LogP contribution < -0.4 is 10.1 Å². The van der Waals surface area contributed by atoms with Crippen molar-refractivity contribution < 1.29 is 14.3 Å². The Hall–Kier alpha value is -2.62. The maximum absolute atomic E-state index is 12.5. The molecule has 0 radical (unpaired) electrons. The molecule has 1 N–H and O–H groups in total. The second-order valence-corrected chi connectivity index (χ2v) is 4.62. The number of anilines is 1. The summed E-state index contributed by atoms with van der Waals surface area (Å²) in [6.07, 6.45) is 0.332. The molecule has 0 aromatic heterocycles. The van der Waals surface area contributed by atoms with Gasteiger partial charge in [0.05, 0.1) is 19.2 Å². The molecule has 1 aliphatic rings. The van der Waals surface area contributed by atoms with Gasteiger partial charge in [-0.3, -0.25) is 9.59 Å². The third kappa shape index (κ3) is 2.05. The van der Waals surface area contributed by atoms with Crippen LogP contribution in [0.15, 0.2) is 42.5 Å². The lowest BCUT2D eigenvalue weighted by atomic mass is 9.99. The fraction of sp³-hybridized carbons (Fsp3) is 0.125. The molecule has 4 nitrogen and oxygen atoms in total. The first-order valence-electron chi connectivity index (χ1n) is 6.29. The molecular weight excluding hydrogens is 254 g/mol. The Labute approximate surface area is 116 Å². The molecular formula is C16H13NO3. The van der Waals surface area contributed by atoms with Crippen molar-refractivity contribution in [1.29, 1.82) is 0 Å². The van der Waals surface area contributed by atoms with Crippen LogP contribution in [0.5, 0.6) is 5.75 Å². The summed E-state index contributed by atoms with van der Waals surface area (Å²) in [4.78, 5) is 24.0. The minimum atomic E-state index is -0.105. The number of carbonyl (C=O) groups excluding carboxylic acids is 2. The van der Waals surface area contributed by atoms with E-state index < -0.39 is 0 Å². The van der Waals surface area contributed by atoms with Crippen molar-refractivity contribution in [3.05, 3.63) is 59.2 Å². The summed E-state index contributed by atoms with van der Waals surface area (Å²) in [5, 5.41) is 2.75. The number of carbonyl (C=O) groups is 2. The van der Waals surface area contributed by atoms with Crippen LogP contribution in [0, 0.1) is 0 Å². The summed E-state index contributed by atoms with van der Waals surface area (Å²) in [6, 6.07) is 12.3. The van der Waals surface area contributed by atoms with Crippen LogP contribution in [0.1, 0.15) is 21.5 Å². The number of rotatable bonds is 3. The highest BCUT2D eigenvalue weighted by Crippen LogP contribution is 2.29. The molecule has 1 heterocycles. The first kappa shape index (κ1) is 12.4. The van der Waals surface area contributed by atoms with Gasteiger partial charge >= 0.3 is 0 Å². The van der Waals surface area contributed by atoms with Gasteiger partial charge in [-0.25, -0.2) is 0 Å². The van der Waals surface area contributed by atoms with E-state index in [1.807, 2.05) is 6.07 Å². The normalized spacial score (nSPS) is 12.8. The van der Waals surface area contributed by atoms with Crippen molar-refractivity contribution in [3.8, 4) is 5.75 Å². The van der Waals surface area contributed by atoms with E-state index in [0.717, 1.165) is 5.56 Å².